The summed E-state index contributed by atoms with van der Waals surface area (Å²) in [5, 5.41) is 0.411. The lowest BCUT2D eigenvalue weighted by Gasteiger charge is -2.06. The average Bonchev–Trinajstić information content (AvgIpc) is 2.27. The minimum Gasteiger partial charge on any atom is -0.493 e. The maximum atomic E-state index is 11.2. The van der Waals surface area contributed by atoms with Crippen LogP contribution < -0.4 is 10.4 Å². The van der Waals surface area contributed by atoms with Gasteiger partial charge in [0.25, 0.3) is 0 Å². The van der Waals surface area contributed by atoms with Gasteiger partial charge in [0.2, 0.25) is 5.24 Å². The number of aryl methyl sites for hydroxylation is 1. The molecule has 0 aliphatic carbocycles. The third-order valence-electron chi connectivity index (χ3n) is 2.49. The van der Waals surface area contributed by atoms with Crippen molar-refractivity contribution < 1.29 is 13.9 Å². The molecule has 0 saturated carbocycles. The van der Waals surface area contributed by atoms with Crippen molar-refractivity contribution in [1.82, 2.24) is 0 Å². The number of hydrogen-bond donors (Lipinski definition) is 0. The summed E-state index contributed by atoms with van der Waals surface area (Å²) in [5.74, 6) is 0.536. The van der Waals surface area contributed by atoms with Crippen molar-refractivity contribution in [3.63, 3.8) is 0 Å². The van der Waals surface area contributed by atoms with Gasteiger partial charge in [0.05, 0.1) is 13.0 Å². The van der Waals surface area contributed by atoms with E-state index in [0.717, 1.165) is 10.9 Å². The van der Waals surface area contributed by atoms with Crippen LogP contribution in [0, 0.1) is 6.92 Å². The second-order valence-corrected chi connectivity index (χ2v) is 4.28. The summed E-state index contributed by atoms with van der Waals surface area (Å²) >= 11 is 5.20. The topological polar surface area (TPSA) is 56.5 Å². The SMILES string of the molecule is Cc1cc(=O)oc2cc(OCCC(=O)Cl)ccc12. The first-order chi connectivity index (χ1) is 8.56. The number of ether oxygens (including phenoxy) is 1. The van der Waals surface area contributed by atoms with Gasteiger partial charge < -0.3 is 9.15 Å². The molecule has 0 saturated heterocycles. The molecule has 0 amide bonds. The molecule has 0 aliphatic rings. The fourth-order valence-corrected chi connectivity index (χ4v) is 1.72. The summed E-state index contributed by atoms with van der Waals surface area (Å²) in [6, 6.07) is 6.64. The average molecular weight is 267 g/mol. The van der Waals surface area contributed by atoms with Crippen molar-refractivity contribution in [2.45, 2.75) is 13.3 Å². The van der Waals surface area contributed by atoms with Crippen LogP contribution in [-0.2, 0) is 4.79 Å². The lowest BCUT2D eigenvalue weighted by molar-refractivity contribution is -0.112. The van der Waals surface area contributed by atoms with E-state index in [1.807, 2.05) is 13.0 Å². The molecule has 4 nitrogen and oxygen atoms in total. The van der Waals surface area contributed by atoms with E-state index < -0.39 is 10.9 Å². The molecule has 2 aromatic rings. The van der Waals surface area contributed by atoms with Crippen molar-refractivity contribution in [3.05, 3.63) is 40.2 Å². The Morgan fingerprint density at radius 1 is 1.39 bits per heavy atom. The predicted molar refractivity (Wildman–Crippen MR) is 68.2 cm³/mol. The van der Waals surface area contributed by atoms with Gasteiger partial charge in [-0.25, -0.2) is 4.79 Å². The Morgan fingerprint density at radius 2 is 2.17 bits per heavy atom. The van der Waals surface area contributed by atoms with E-state index in [9.17, 15) is 9.59 Å². The van der Waals surface area contributed by atoms with Crippen molar-refractivity contribution >= 4 is 27.8 Å². The van der Waals surface area contributed by atoms with E-state index >= 15 is 0 Å². The molecule has 18 heavy (non-hydrogen) atoms. The third-order valence-corrected chi connectivity index (χ3v) is 2.68. The number of rotatable bonds is 4. The smallest absolute Gasteiger partial charge is 0.336 e. The van der Waals surface area contributed by atoms with E-state index in [1.54, 1.807) is 12.1 Å². The number of carbonyl (C=O) groups is 1. The normalized spacial score (nSPS) is 10.6. The largest absolute Gasteiger partial charge is 0.493 e. The molecule has 0 spiro atoms. The predicted octanol–water partition coefficient (Wildman–Crippen LogP) is 2.64. The zero-order valence-electron chi connectivity index (χ0n) is 9.73. The molecular weight excluding hydrogens is 256 g/mol. The summed E-state index contributed by atoms with van der Waals surface area (Å²) in [4.78, 5) is 21.8. The van der Waals surface area contributed by atoms with Crippen LogP contribution in [0.2, 0.25) is 0 Å². The van der Waals surface area contributed by atoms with Crippen molar-refractivity contribution in [2.24, 2.45) is 0 Å². The summed E-state index contributed by atoms with van der Waals surface area (Å²) in [5.41, 5.74) is 0.923. The van der Waals surface area contributed by atoms with Gasteiger partial charge in [-0.05, 0) is 36.2 Å². The van der Waals surface area contributed by atoms with Gasteiger partial charge in [0, 0.05) is 17.5 Å². The summed E-state index contributed by atoms with van der Waals surface area (Å²) in [7, 11) is 0. The summed E-state index contributed by atoms with van der Waals surface area (Å²) < 4.78 is 10.4. The molecule has 0 unspecified atom stereocenters. The molecular formula is C13H11ClO4. The van der Waals surface area contributed by atoms with Crippen LogP contribution in [0.25, 0.3) is 11.0 Å². The highest BCUT2D eigenvalue weighted by Gasteiger charge is 2.04. The van der Waals surface area contributed by atoms with Gasteiger partial charge in [-0.2, -0.15) is 0 Å². The Hall–Kier alpha value is -1.81. The fraction of sp³-hybridized carbons (Fsp3) is 0.231. The van der Waals surface area contributed by atoms with Crippen LogP contribution >= 0.6 is 11.6 Å². The summed E-state index contributed by atoms with van der Waals surface area (Å²) in [6.07, 6.45) is 0.136. The minimum atomic E-state index is -0.446. The van der Waals surface area contributed by atoms with Gasteiger partial charge >= 0.3 is 5.63 Å². The van der Waals surface area contributed by atoms with Crippen molar-refractivity contribution in [2.75, 3.05) is 6.61 Å². The maximum Gasteiger partial charge on any atom is 0.336 e. The van der Waals surface area contributed by atoms with Crippen molar-refractivity contribution in [1.29, 1.82) is 0 Å². The van der Waals surface area contributed by atoms with Crippen LogP contribution in [0.1, 0.15) is 12.0 Å². The minimum absolute atomic E-state index is 0.136. The molecule has 2 rings (SSSR count). The molecule has 0 aliphatic heterocycles. The monoisotopic (exact) mass is 266 g/mol. The molecule has 0 bridgehead atoms. The number of carbonyl (C=O) groups excluding carboxylic acids is 1. The van der Waals surface area contributed by atoms with E-state index in [1.165, 1.54) is 6.07 Å². The van der Waals surface area contributed by atoms with Gasteiger partial charge in [-0.3, -0.25) is 4.79 Å². The van der Waals surface area contributed by atoms with Gasteiger partial charge in [0.1, 0.15) is 11.3 Å². The van der Waals surface area contributed by atoms with Gasteiger partial charge in [-0.15, -0.1) is 0 Å². The van der Waals surface area contributed by atoms with E-state index in [-0.39, 0.29) is 13.0 Å². The molecule has 94 valence electrons. The third kappa shape index (κ3) is 2.90. The Bertz CT molecular complexity index is 645. The Balaban J connectivity index is 2.27. The van der Waals surface area contributed by atoms with E-state index in [0.29, 0.717) is 11.3 Å². The molecule has 0 atom stereocenters. The number of hydrogen-bond acceptors (Lipinski definition) is 4. The van der Waals surface area contributed by atoms with Crippen LogP contribution in [0.15, 0.2) is 33.5 Å². The second-order valence-electron chi connectivity index (χ2n) is 3.86. The first kappa shape index (κ1) is 12.6. The van der Waals surface area contributed by atoms with Crippen LogP contribution in [0.4, 0.5) is 0 Å². The Kier molecular flexibility index (Phi) is 3.67. The molecule has 1 aromatic heterocycles. The number of benzene rings is 1. The van der Waals surface area contributed by atoms with Gasteiger partial charge in [-0.1, -0.05) is 0 Å². The molecule has 0 N–H and O–H groups in total. The first-order valence-corrected chi connectivity index (χ1v) is 5.80. The highest BCUT2D eigenvalue weighted by molar-refractivity contribution is 6.63. The second kappa shape index (κ2) is 5.23. The molecule has 1 aromatic carbocycles. The lowest BCUT2D eigenvalue weighted by atomic mass is 10.1. The highest BCUT2D eigenvalue weighted by atomic mass is 35.5. The molecule has 0 radical (unpaired) electrons. The first-order valence-electron chi connectivity index (χ1n) is 5.42. The standard InChI is InChI=1S/C13H11ClO4/c1-8-6-13(16)18-11-7-9(2-3-10(8)11)17-5-4-12(14)15/h2-3,6-7H,4-5H2,1H3. The highest BCUT2D eigenvalue weighted by Crippen LogP contribution is 2.22. The Labute approximate surface area is 108 Å². The zero-order chi connectivity index (χ0) is 13.1. The number of fused-ring (bicyclic) bond motifs is 1. The van der Waals surface area contributed by atoms with E-state index in [4.69, 9.17) is 20.8 Å². The van der Waals surface area contributed by atoms with Gasteiger partial charge in [0.15, 0.2) is 0 Å². The molecule has 1 heterocycles. The van der Waals surface area contributed by atoms with Crippen LogP contribution in [0.3, 0.4) is 0 Å². The summed E-state index contributed by atoms with van der Waals surface area (Å²) in [6.45, 7) is 2.04. The van der Waals surface area contributed by atoms with Crippen LogP contribution in [0.5, 0.6) is 5.75 Å². The zero-order valence-corrected chi connectivity index (χ0v) is 10.5. The number of halogens is 1. The fourth-order valence-electron chi connectivity index (χ4n) is 1.64. The molecule has 5 heteroatoms. The maximum absolute atomic E-state index is 11.2. The Morgan fingerprint density at radius 3 is 2.89 bits per heavy atom. The van der Waals surface area contributed by atoms with E-state index in [2.05, 4.69) is 0 Å². The lowest BCUT2D eigenvalue weighted by Crippen LogP contribution is -2.02. The quantitative estimate of drug-likeness (QED) is 0.631. The molecule has 0 fully saturated rings. The van der Waals surface area contributed by atoms with Crippen LogP contribution in [-0.4, -0.2) is 11.8 Å². The van der Waals surface area contributed by atoms with Crippen molar-refractivity contribution in [3.8, 4) is 5.75 Å².